The lowest BCUT2D eigenvalue weighted by Crippen LogP contribution is -2.04. The van der Waals surface area contributed by atoms with E-state index in [1.165, 1.54) is 6.92 Å². The normalized spacial score (nSPS) is 12.6. The fraction of sp³-hybridized carbons (Fsp3) is 0.300. The highest BCUT2D eigenvalue weighted by Crippen LogP contribution is 2.29. The number of halogens is 3. The number of alkyl halides is 2. The molecule has 0 bridgehead atoms. The Hall–Kier alpha value is 0.390. The average Bonchev–Trinajstić information content (AvgIpc) is 2.17. The second kappa shape index (κ2) is 5.47. The molecule has 0 amide bonds. The second-order valence-corrected chi connectivity index (χ2v) is 5.00. The van der Waals surface area contributed by atoms with Crippen LogP contribution in [-0.2, 0) is 10.1 Å². The first-order chi connectivity index (χ1) is 6.57. The maximum absolute atomic E-state index is 11.1. The van der Waals surface area contributed by atoms with Crippen molar-refractivity contribution in [1.29, 1.82) is 0 Å². The van der Waals surface area contributed by atoms with E-state index in [2.05, 4.69) is 38.5 Å². The van der Waals surface area contributed by atoms with Crippen LogP contribution < -0.4 is 0 Å². The van der Waals surface area contributed by atoms with Crippen LogP contribution in [0.4, 0.5) is 0 Å². The van der Waals surface area contributed by atoms with Crippen LogP contribution in [0, 0.1) is 3.57 Å². The fourth-order valence-corrected chi connectivity index (χ4v) is 3.34. The standard InChI is InChI=1S/C10H9BrClIO/c1-6(14)9(12)8-4-2-3-7(5-11)10(8)13/h2-4,9H,5H2,1H3. The Labute approximate surface area is 110 Å². The summed E-state index contributed by atoms with van der Waals surface area (Å²) in [5, 5.41) is 0.251. The topological polar surface area (TPSA) is 17.1 Å². The summed E-state index contributed by atoms with van der Waals surface area (Å²) >= 11 is 11.6. The van der Waals surface area contributed by atoms with Crippen LogP contribution in [0.2, 0.25) is 0 Å². The molecule has 0 fully saturated rings. The van der Waals surface area contributed by atoms with Crippen molar-refractivity contribution in [3.8, 4) is 0 Å². The first kappa shape index (κ1) is 12.5. The van der Waals surface area contributed by atoms with Crippen molar-refractivity contribution < 1.29 is 4.79 Å². The highest BCUT2D eigenvalue weighted by Gasteiger charge is 2.17. The molecule has 1 aromatic rings. The summed E-state index contributed by atoms with van der Waals surface area (Å²) < 4.78 is 1.07. The quantitative estimate of drug-likeness (QED) is 0.565. The molecule has 0 spiro atoms. The van der Waals surface area contributed by atoms with Gasteiger partial charge in [0, 0.05) is 8.90 Å². The minimum atomic E-state index is -0.527. The Kier molecular flexibility index (Phi) is 4.87. The molecule has 1 nitrogen and oxygen atoms in total. The Bertz CT molecular complexity index is 354. The molecule has 1 atom stereocenters. The third-order valence-electron chi connectivity index (χ3n) is 1.88. The third-order valence-corrected chi connectivity index (χ3v) is 4.34. The van der Waals surface area contributed by atoms with Crippen LogP contribution in [0.1, 0.15) is 23.4 Å². The predicted molar refractivity (Wildman–Crippen MR) is 71.1 cm³/mol. The zero-order chi connectivity index (χ0) is 10.7. The summed E-state index contributed by atoms with van der Waals surface area (Å²) in [6, 6.07) is 5.84. The molecule has 0 saturated carbocycles. The number of benzene rings is 1. The van der Waals surface area contributed by atoms with E-state index in [1.54, 1.807) is 0 Å². The van der Waals surface area contributed by atoms with Gasteiger partial charge in [-0.1, -0.05) is 34.1 Å². The van der Waals surface area contributed by atoms with E-state index < -0.39 is 5.38 Å². The van der Waals surface area contributed by atoms with Gasteiger partial charge in [-0.3, -0.25) is 4.79 Å². The van der Waals surface area contributed by atoms with Crippen molar-refractivity contribution in [2.75, 3.05) is 0 Å². The minimum Gasteiger partial charge on any atom is -0.298 e. The number of hydrogen-bond donors (Lipinski definition) is 0. The molecule has 0 saturated heterocycles. The molecule has 0 N–H and O–H groups in total. The molecule has 76 valence electrons. The molecule has 1 aromatic carbocycles. The zero-order valence-electron chi connectivity index (χ0n) is 7.56. The molecule has 0 aliphatic carbocycles. The van der Waals surface area contributed by atoms with Gasteiger partial charge < -0.3 is 0 Å². The Morgan fingerprint density at radius 2 is 2.29 bits per heavy atom. The Morgan fingerprint density at radius 3 is 2.79 bits per heavy atom. The van der Waals surface area contributed by atoms with E-state index in [4.69, 9.17) is 11.6 Å². The summed E-state index contributed by atoms with van der Waals surface area (Å²) in [4.78, 5) is 11.1. The van der Waals surface area contributed by atoms with Gasteiger partial charge in [0.2, 0.25) is 0 Å². The van der Waals surface area contributed by atoms with E-state index in [0.29, 0.717) is 0 Å². The number of Topliss-reactive ketones (excluding diaryl/α,β-unsaturated/α-hetero) is 1. The monoisotopic (exact) mass is 386 g/mol. The van der Waals surface area contributed by atoms with Crippen molar-refractivity contribution in [2.45, 2.75) is 17.6 Å². The second-order valence-electron chi connectivity index (χ2n) is 2.93. The number of carbonyl (C=O) groups excluding carboxylic acids is 1. The van der Waals surface area contributed by atoms with Crippen LogP contribution in [-0.4, -0.2) is 5.78 Å². The van der Waals surface area contributed by atoms with Crippen molar-refractivity contribution in [1.82, 2.24) is 0 Å². The molecule has 0 heterocycles. The number of rotatable bonds is 3. The summed E-state index contributed by atoms with van der Waals surface area (Å²) in [6.07, 6.45) is 0. The summed E-state index contributed by atoms with van der Waals surface area (Å²) in [5.41, 5.74) is 2.06. The first-order valence-electron chi connectivity index (χ1n) is 4.05. The predicted octanol–water partition coefficient (Wildman–Crippen LogP) is 4.06. The molecule has 0 aliphatic rings. The maximum atomic E-state index is 11.1. The molecule has 0 aliphatic heterocycles. The maximum Gasteiger partial charge on any atom is 0.152 e. The van der Waals surface area contributed by atoms with E-state index in [9.17, 15) is 4.79 Å². The van der Waals surface area contributed by atoms with Gasteiger partial charge in [0.05, 0.1) is 0 Å². The van der Waals surface area contributed by atoms with Gasteiger partial charge in [-0.25, -0.2) is 0 Å². The van der Waals surface area contributed by atoms with Gasteiger partial charge in [-0.2, -0.15) is 0 Å². The average molecular weight is 387 g/mol. The van der Waals surface area contributed by atoms with E-state index in [0.717, 1.165) is 20.0 Å². The van der Waals surface area contributed by atoms with Gasteiger partial charge >= 0.3 is 0 Å². The number of carbonyl (C=O) groups is 1. The van der Waals surface area contributed by atoms with Gasteiger partial charge in [-0.05, 0) is 40.6 Å². The van der Waals surface area contributed by atoms with E-state index >= 15 is 0 Å². The van der Waals surface area contributed by atoms with Gasteiger partial charge in [0.1, 0.15) is 5.38 Å². The summed E-state index contributed by atoms with van der Waals surface area (Å²) in [6.45, 7) is 1.51. The third kappa shape index (κ3) is 2.70. The van der Waals surface area contributed by atoms with E-state index in [-0.39, 0.29) is 5.78 Å². The van der Waals surface area contributed by atoms with Gasteiger partial charge in [0.15, 0.2) is 5.78 Å². The van der Waals surface area contributed by atoms with Crippen LogP contribution in [0.3, 0.4) is 0 Å². The molecule has 0 aromatic heterocycles. The van der Waals surface area contributed by atoms with Crippen molar-refractivity contribution in [2.24, 2.45) is 0 Å². The molecule has 1 unspecified atom stereocenters. The SMILES string of the molecule is CC(=O)C(Cl)c1cccc(CBr)c1I. The molecule has 1 rings (SSSR count). The lowest BCUT2D eigenvalue weighted by molar-refractivity contribution is -0.116. The Balaban J connectivity index is 3.15. The number of ketones is 1. The Morgan fingerprint density at radius 1 is 1.64 bits per heavy atom. The van der Waals surface area contributed by atoms with Crippen LogP contribution in [0.5, 0.6) is 0 Å². The number of hydrogen-bond acceptors (Lipinski definition) is 1. The van der Waals surface area contributed by atoms with E-state index in [1.807, 2.05) is 18.2 Å². The highest BCUT2D eigenvalue weighted by atomic mass is 127. The molecule has 0 radical (unpaired) electrons. The van der Waals surface area contributed by atoms with Crippen LogP contribution in [0.15, 0.2) is 18.2 Å². The molecular formula is C10H9BrClIO. The minimum absolute atomic E-state index is 0.0173. The van der Waals surface area contributed by atoms with Crippen molar-refractivity contribution in [3.63, 3.8) is 0 Å². The highest BCUT2D eigenvalue weighted by molar-refractivity contribution is 14.1. The zero-order valence-corrected chi connectivity index (χ0v) is 12.1. The molecule has 14 heavy (non-hydrogen) atoms. The molecule has 4 heteroatoms. The fourth-order valence-electron chi connectivity index (χ4n) is 1.12. The molecular weight excluding hydrogens is 378 g/mol. The largest absolute Gasteiger partial charge is 0.298 e. The van der Waals surface area contributed by atoms with Crippen LogP contribution in [0.25, 0.3) is 0 Å². The van der Waals surface area contributed by atoms with Crippen molar-refractivity contribution in [3.05, 3.63) is 32.9 Å². The lowest BCUT2D eigenvalue weighted by atomic mass is 10.1. The van der Waals surface area contributed by atoms with Crippen molar-refractivity contribution >= 4 is 55.9 Å². The summed E-state index contributed by atoms with van der Waals surface area (Å²) in [7, 11) is 0. The van der Waals surface area contributed by atoms with Crippen LogP contribution >= 0.6 is 50.1 Å². The van der Waals surface area contributed by atoms with Gasteiger partial charge in [-0.15, -0.1) is 11.6 Å². The van der Waals surface area contributed by atoms with Gasteiger partial charge in [0.25, 0.3) is 0 Å². The smallest absolute Gasteiger partial charge is 0.152 e. The lowest BCUT2D eigenvalue weighted by Gasteiger charge is -2.11. The first-order valence-corrected chi connectivity index (χ1v) is 6.69. The summed E-state index contributed by atoms with van der Waals surface area (Å²) in [5.74, 6) is -0.0173.